The van der Waals surface area contributed by atoms with Crippen LogP contribution in [-0.2, 0) is 0 Å². The number of aromatic nitrogens is 1. The van der Waals surface area contributed by atoms with E-state index in [1.807, 2.05) is 38.1 Å². The molecule has 0 spiro atoms. The lowest BCUT2D eigenvalue weighted by molar-refractivity contribution is 0.0735. The first kappa shape index (κ1) is 16.9. The van der Waals surface area contributed by atoms with E-state index in [4.69, 9.17) is 17.3 Å². The minimum Gasteiger partial charge on any atom is -0.340 e. The van der Waals surface area contributed by atoms with Gasteiger partial charge in [0.25, 0.3) is 5.91 Å². The van der Waals surface area contributed by atoms with Crippen molar-refractivity contribution >= 4 is 28.8 Å². The average molecular weight is 338 g/mol. The third-order valence-corrected chi connectivity index (χ3v) is 4.52. The van der Waals surface area contributed by atoms with Crippen LogP contribution in [0.25, 0.3) is 10.6 Å². The van der Waals surface area contributed by atoms with E-state index in [0.29, 0.717) is 23.8 Å². The lowest BCUT2D eigenvalue weighted by atomic mass is 9.93. The van der Waals surface area contributed by atoms with Crippen molar-refractivity contribution in [2.24, 2.45) is 11.1 Å². The molecule has 0 saturated heterocycles. The maximum absolute atomic E-state index is 12.4. The highest BCUT2D eigenvalue weighted by atomic mass is 35.5. The number of amides is 1. The van der Waals surface area contributed by atoms with Crippen LogP contribution in [0.5, 0.6) is 0 Å². The number of hydrogen-bond acceptors (Lipinski definition) is 4. The number of nitrogens with zero attached hydrogens (tertiary/aromatic N) is 2. The Kier molecular flexibility index (Phi) is 5.21. The molecule has 6 heteroatoms. The highest BCUT2D eigenvalue weighted by molar-refractivity contribution is 7.13. The van der Waals surface area contributed by atoms with Gasteiger partial charge in [0, 0.05) is 29.6 Å². The minimum absolute atomic E-state index is 0.0852. The van der Waals surface area contributed by atoms with E-state index >= 15 is 0 Å². The van der Waals surface area contributed by atoms with Crippen molar-refractivity contribution in [1.29, 1.82) is 0 Å². The van der Waals surface area contributed by atoms with E-state index in [1.165, 1.54) is 11.3 Å². The van der Waals surface area contributed by atoms with Crippen LogP contribution in [0.3, 0.4) is 0 Å². The van der Waals surface area contributed by atoms with E-state index < -0.39 is 0 Å². The molecule has 2 aromatic rings. The summed E-state index contributed by atoms with van der Waals surface area (Å²) in [6.07, 6.45) is 0. The standard InChI is InChI=1S/C16H20ClN3OS/c1-16(2,9-18)10-20(3)15(21)13-8-22-14(19-13)11-4-6-12(17)7-5-11/h4-8H,9-10,18H2,1-3H3. The fourth-order valence-electron chi connectivity index (χ4n) is 2.07. The molecule has 1 amide bonds. The second-order valence-corrected chi connectivity index (χ2v) is 7.37. The zero-order chi connectivity index (χ0) is 16.3. The van der Waals surface area contributed by atoms with Gasteiger partial charge in [-0.3, -0.25) is 4.79 Å². The molecule has 22 heavy (non-hydrogen) atoms. The van der Waals surface area contributed by atoms with Gasteiger partial charge in [0.1, 0.15) is 10.7 Å². The predicted molar refractivity (Wildman–Crippen MR) is 92.4 cm³/mol. The van der Waals surface area contributed by atoms with Crippen LogP contribution in [0.15, 0.2) is 29.6 Å². The molecule has 2 N–H and O–H groups in total. The van der Waals surface area contributed by atoms with Crippen molar-refractivity contribution < 1.29 is 4.79 Å². The Morgan fingerprint density at radius 3 is 2.59 bits per heavy atom. The molecule has 0 saturated carbocycles. The molecule has 2 rings (SSSR count). The Morgan fingerprint density at radius 2 is 2.00 bits per heavy atom. The van der Waals surface area contributed by atoms with Gasteiger partial charge in [-0.1, -0.05) is 37.6 Å². The molecule has 0 unspecified atom stereocenters. The number of halogens is 1. The number of rotatable bonds is 5. The SMILES string of the molecule is CN(CC(C)(C)CN)C(=O)c1csc(-c2ccc(Cl)cc2)n1. The molecule has 1 aromatic heterocycles. The Morgan fingerprint density at radius 1 is 1.36 bits per heavy atom. The summed E-state index contributed by atoms with van der Waals surface area (Å²) in [5.41, 5.74) is 7.03. The second kappa shape index (κ2) is 6.77. The van der Waals surface area contributed by atoms with Gasteiger partial charge in [0.15, 0.2) is 0 Å². The van der Waals surface area contributed by atoms with Gasteiger partial charge in [0.2, 0.25) is 0 Å². The molecule has 0 fully saturated rings. The van der Waals surface area contributed by atoms with Crippen molar-refractivity contribution in [3.8, 4) is 10.6 Å². The Hall–Kier alpha value is -1.43. The summed E-state index contributed by atoms with van der Waals surface area (Å²) in [5, 5.41) is 3.28. The first-order valence-corrected chi connectivity index (χ1v) is 8.25. The van der Waals surface area contributed by atoms with Crippen LogP contribution in [-0.4, -0.2) is 35.9 Å². The van der Waals surface area contributed by atoms with Gasteiger partial charge < -0.3 is 10.6 Å². The molecule has 0 radical (unpaired) electrons. The van der Waals surface area contributed by atoms with Crippen LogP contribution in [0.1, 0.15) is 24.3 Å². The minimum atomic E-state index is -0.112. The van der Waals surface area contributed by atoms with Crippen LogP contribution in [0, 0.1) is 5.41 Å². The predicted octanol–water partition coefficient (Wildman–Crippen LogP) is 3.52. The molecule has 0 aliphatic carbocycles. The van der Waals surface area contributed by atoms with Crippen molar-refractivity contribution in [3.63, 3.8) is 0 Å². The zero-order valence-electron chi connectivity index (χ0n) is 13.0. The van der Waals surface area contributed by atoms with Gasteiger partial charge in [-0.15, -0.1) is 11.3 Å². The monoisotopic (exact) mass is 337 g/mol. The lowest BCUT2D eigenvalue weighted by Gasteiger charge is -2.28. The molecule has 0 aliphatic heterocycles. The first-order valence-electron chi connectivity index (χ1n) is 6.99. The van der Waals surface area contributed by atoms with Gasteiger partial charge in [-0.05, 0) is 24.1 Å². The fraction of sp³-hybridized carbons (Fsp3) is 0.375. The summed E-state index contributed by atoms with van der Waals surface area (Å²) in [6, 6.07) is 7.43. The molecular weight excluding hydrogens is 318 g/mol. The molecule has 0 atom stereocenters. The number of carbonyl (C=O) groups is 1. The lowest BCUT2D eigenvalue weighted by Crippen LogP contribution is -2.39. The quantitative estimate of drug-likeness (QED) is 0.908. The largest absolute Gasteiger partial charge is 0.340 e. The van der Waals surface area contributed by atoms with Crippen molar-refractivity contribution in [1.82, 2.24) is 9.88 Å². The second-order valence-electron chi connectivity index (χ2n) is 6.07. The van der Waals surface area contributed by atoms with Gasteiger partial charge >= 0.3 is 0 Å². The molecule has 4 nitrogen and oxygen atoms in total. The average Bonchev–Trinajstić information content (AvgIpc) is 2.96. The fourth-order valence-corrected chi connectivity index (χ4v) is 3.00. The van der Waals surface area contributed by atoms with Crippen LogP contribution in [0.2, 0.25) is 5.02 Å². The van der Waals surface area contributed by atoms with E-state index in [9.17, 15) is 4.79 Å². The Balaban J connectivity index is 2.13. The third-order valence-electron chi connectivity index (χ3n) is 3.38. The summed E-state index contributed by atoms with van der Waals surface area (Å²) >= 11 is 7.34. The van der Waals surface area contributed by atoms with E-state index in [-0.39, 0.29) is 11.3 Å². The van der Waals surface area contributed by atoms with Crippen LogP contribution < -0.4 is 5.73 Å². The zero-order valence-corrected chi connectivity index (χ0v) is 14.5. The Bertz CT molecular complexity index is 652. The first-order chi connectivity index (χ1) is 10.3. The van der Waals surface area contributed by atoms with E-state index in [2.05, 4.69) is 4.98 Å². The Labute approximate surface area is 139 Å². The van der Waals surface area contributed by atoms with Crippen molar-refractivity contribution in [3.05, 3.63) is 40.4 Å². The maximum Gasteiger partial charge on any atom is 0.273 e. The normalized spacial score (nSPS) is 11.5. The van der Waals surface area contributed by atoms with Crippen molar-refractivity contribution in [2.75, 3.05) is 20.1 Å². The molecular formula is C16H20ClN3OS. The maximum atomic E-state index is 12.4. The highest BCUT2D eigenvalue weighted by Gasteiger charge is 2.23. The van der Waals surface area contributed by atoms with Crippen LogP contribution >= 0.6 is 22.9 Å². The van der Waals surface area contributed by atoms with Gasteiger partial charge in [0.05, 0.1) is 0 Å². The van der Waals surface area contributed by atoms with Gasteiger partial charge in [-0.25, -0.2) is 4.98 Å². The summed E-state index contributed by atoms with van der Waals surface area (Å²) in [6.45, 7) is 5.20. The van der Waals surface area contributed by atoms with Gasteiger partial charge in [-0.2, -0.15) is 0 Å². The highest BCUT2D eigenvalue weighted by Crippen LogP contribution is 2.26. The molecule has 1 heterocycles. The van der Waals surface area contributed by atoms with Crippen LogP contribution in [0.4, 0.5) is 0 Å². The summed E-state index contributed by atoms with van der Waals surface area (Å²) < 4.78 is 0. The molecule has 0 aliphatic rings. The summed E-state index contributed by atoms with van der Waals surface area (Å²) in [7, 11) is 1.78. The summed E-state index contributed by atoms with van der Waals surface area (Å²) in [5.74, 6) is -0.0852. The molecule has 1 aromatic carbocycles. The number of carbonyl (C=O) groups excluding carboxylic acids is 1. The van der Waals surface area contributed by atoms with Crippen molar-refractivity contribution in [2.45, 2.75) is 13.8 Å². The van der Waals surface area contributed by atoms with E-state index in [1.54, 1.807) is 17.3 Å². The number of thiazole rings is 1. The summed E-state index contributed by atoms with van der Waals surface area (Å²) in [4.78, 5) is 18.6. The number of benzene rings is 1. The molecule has 118 valence electrons. The van der Waals surface area contributed by atoms with E-state index in [0.717, 1.165) is 10.6 Å². The smallest absolute Gasteiger partial charge is 0.273 e. The number of hydrogen-bond donors (Lipinski definition) is 1. The topological polar surface area (TPSA) is 59.2 Å². The molecule has 0 bridgehead atoms. The number of nitrogens with two attached hydrogens (primary N) is 1. The third kappa shape index (κ3) is 4.06.